The number of methoxy groups -OCH3 is 3. The molecule has 0 unspecified atom stereocenters. The van der Waals surface area contributed by atoms with Crippen molar-refractivity contribution in [3.63, 3.8) is 0 Å². The van der Waals surface area contributed by atoms with Gasteiger partial charge in [0.1, 0.15) is 0 Å². The lowest BCUT2D eigenvalue weighted by Crippen LogP contribution is -2.22. The zero-order chi connectivity index (χ0) is 22.1. The SMILES string of the molecule is CC[C@H](C)c1ccccc1NC(=O)COC(=O)Cc1cc(OC)c(OC)c(OC)c1. The highest BCUT2D eigenvalue weighted by Gasteiger charge is 2.17. The maximum absolute atomic E-state index is 12.3. The lowest BCUT2D eigenvalue weighted by atomic mass is 9.97. The molecule has 162 valence electrons. The van der Waals surface area contributed by atoms with Gasteiger partial charge in [0.05, 0.1) is 27.8 Å². The van der Waals surface area contributed by atoms with E-state index in [0.29, 0.717) is 28.7 Å². The summed E-state index contributed by atoms with van der Waals surface area (Å²) in [5.74, 6) is 0.720. The first-order valence-corrected chi connectivity index (χ1v) is 9.76. The van der Waals surface area contributed by atoms with Gasteiger partial charge in [-0.2, -0.15) is 0 Å². The van der Waals surface area contributed by atoms with Crippen LogP contribution in [0.25, 0.3) is 0 Å². The summed E-state index contributed by atoms with van der Waals surface area (Å²) in [4.78, 5) is 24.5. The fraction of sp³-hybridized carbons (Fsp3) is 0.391. The van der Waals surface area contributed by atoms with E-state index in [1.54, 1.807) is 12.1 Å². The number of ether oxygens (including phenoxy) is 4. The first-order valence-electron chi connectivity index (χ1n) is 9.76. The maximum Gasteiger partial charge on any atom is 0.310 e. The smallest absolute Gasteiger partial charge is 0.310 e. The average molecular weight is 415 g/mol. The van der Waals surface area contributed by atoms with Crippen LogP contribution < -0.4 is 19.5 Å². The Kier molecular flexibility index (Phi) is 8.53. The molecule has 7 heteroatoms. The normalized spacial score (nSPS) is 11.4. The van der Waals surface area contributed by atoms with Crippen molar-refractivity contribution in [1.29, 1.82) is 0 Å². The number of hydrogen-bond donors (Lipinski definition) is 1. The molecule has 2 rings (SSSR count). The van der Waals surface area contributed by atoms with Crippen molar-refractivity contribution in [2.75, 3.05) is 33.3 Å². The summed E-state index contributed by atoms with van der Waals surface area (Å²) in [6.45, 7) is 3.83. The summed E-state index contributed by atoms with van der Waals surface area (Å²) < 4.78 is 21.0. The van der Waals surface area contributed by atoms with Crippen LogP contribution in [-0.2, 0) is 20.7 Å². The van der Waals surface area contributed by atoms with Crippen LogP contribution in [0, 0.1) is 0 Å². The highest BCUT2D eigenvalue weighted by molar-refractivity contribution is 5.93. The third-order valence-corrected chi connectivity index (χ3v) is 4.82. The van der Waals surface area contributed by atoms with Crippen molar-refractivity contribution >= 4 is 17.6 Å². The van der Waals surface area contributed by atoms with Crippen molar-refractivity contribution in [3.8, 4) is 17.2 Å². The monoisotopic (exact) mass is 415 g/mol. The van der Waals surface area contributed by atoms with Crippen molar-refractivity contribution in [2.45, 2.75) is 32.6 Å². The zero-order valence-electron chi connectivity index (χ0n) is 18.1. The minimum Gasteiger partial charge on any atom is -0.493 e. The fourth-order valence-electron chi connectivity index (χ4n) is 3.05. The molecule has 1 amide bonds. The number of nitrogens with one attached hydrogen (secondary N) is 1. The van der Waals surface area contributed by atoms with E-state index in [2.05, 4.69) is 19.2 Å². The van der Waals surface area contributed by atoms with E-state index >= 15 is 0 Å². The van der Waals surface area contributed by atoms with Crippen LogP contribution >= 0.6 is 0 Å². The van der Waals surface area contributed by atoms with Gasteiger partial charge < -0.3 is 24.3 Å². The number of hydrogen-bond acceptors (Lipinski definition) is 6. The van der Waals surface area contributed by atoms with Gasteiger partial charge in [-0.1, -0.05) is 32.0 Å². The molecule has 0 aliphatic carbocycles. The van der Waals surface area contributed by atoms with E-state index in [-0.39, 0.29) is 18.9 Å². The lowest BCUT2D eigenvalue weighted by molar-refractivity contribution is -0.146. The summed E-state index contributed by atoms with van der Waals surface area (Å²) in [5, 5.41) is 2.82. The molecule has 0 aliphatic rings. The summed E-state index contributed by atoms with van der Waals surface area (Å²) in [7, 11) is 4.51. The van der Waals surface area contributed by atoms with Gasteiger partial charge in [-0.15, -0.1) is 0 Å². The number of para-hydroxylation sites is 1. The molecule has 1 atom stereocenters. The van der Waals surface area contributed by atoms with Crippen LogP contribution in [-0.4, -0.2) is 39.8 Å². The van der Waals surface area contributed by atoms with Crippen LogP contribution in [0.3, 0.4) is 0 Å². The van der Waals surface area contributed by atoms with E-state index in [4.69, 9.17) is 18.9 Å². The summed E-state index contributed by atoms with van der Waals surface area (Å²) in [6, 6.07) is 11.0. The first-order chi connectivity index (χ1) is 14.4. The predicted molar refractivity (Wildman–Crippen MR) is 115 cm³/mol. The molecule has 0 radical (unpaired) electrons. The summed E-state index contributed by atoms with van der Waals surface area (Å²) in [5.41, 5.74) is 2.41. The van der Waals surface area contributed by atoms with Gasteiger partial charge in [-0.05, 0) is 41.7 Å². The average Bonchev–Trinajstić information content (AvgIpc) is 2.76. The molecule has 0 aliphatic heterocycles. The molecule has 2 aromatic rings. The van der Waals surface area contributed by atoms with E-state index < -0.39 is 5.97 Å². The second kappa shape index (κ2) is 11.1. The Balaban J connectivity index is 1.98. The van der Waals surface area contributed by atoms with Gasteiger partial charge in [-0.25, -0.2) is 0 Å². The summed E-state index contributed by atoms with van der Waals surface area (Å²) >= 11 is 0. The number of amides is 1. The quantitative estimate of drug-likeness (QED) is 0.592. The van der Waals surface area contributed by atoms with Gasteiger partial charge >= 0.3 is 5.97 Å². The van der Waals surface area contributed by atoms with Crippen LogP contribution in [0.2, 0.25) is 0 Å². The van der Waals surface area contributed by atoms with Crippen molar-refractivity contribution in [1.82, 2.24) is 0 Å². The number of carbonyl (C=O) groups excluding carboxylic acids is 2. The van der Waals surface area contributed by atoms with Gasteiger partial charge in [0.2, 0.25) is 5.75 Å². The number of rotatable bonds is 10. The van der Waals surface area contributed by atoms with E-state index in [0.717, 1.165) is 17.7 Å². The Morgan fingerprint density at radius 2 is 1.63 bits per heavy atom. The molecule has 0 heterocycles. The first kappa shape index (κ1) is 23.1. The molecule has 0 aromatic heterocycles. The molecule has 0 saturated heterocycles. The van der Waals surface area contributed by atoms with Crippen LogP contribution in [0.1, 0.15) is 37.3 Å². The minimum atomic E-state index is -0.533. The maximum atomic E-state index is 12.3. The van der Waals surface area contributed by atoms with Gasteiger partial charge in [0.15, 0.2) is 18.1 Å². The number of esters is 1. The Morgan fingerprint density at radius 1 is 1.00 bits per heavy atom. The number of anilines is 1. The Morgan fingerprint density at radius 3 is 2.20 bits per heavy atom. The van der Waals surface area contributed by atoms with Crippen molar-refractivity contribution in [2.24, 2.45) is 0 Å². The zero-order valence-corrected chi connectivity index (χ0v) is 18.1. The Bertz CT molecular complexity index is 855. The molecule has 7 nitrogen and oxygen atoms in total. The highest BCUT2D eigenvalue weighted by Crippen LogP contribution is 2.38. The molecule has 2 aromatic carbocycles. The molecule has 0 saturated carbocycles. The lowest BCUT2D eigenvalue weighted by Gasteiger charge is -2.16. The predicted octanol–water partition coefficient (Wildman–Crippen LogP) is 3.95. The van der Waals surface area contributed by atoms with E-state index in [1.165, 1.54) is 21.3 Å². The third-order valence-electron chi connectivity index (χ3n) is 4.82. The fourth-order valence-corrected chi connectivity index (χ4v) is 3.05. The van der Waals surface area contributed by atoms with Crippen LogP contribution in [0.4, 0.5) is 5.69 Å². The largest absolute Gasteiger partial charge is 0.493 e. The summed E-state index contributed by atoms with van der Waals surface area (Å²) in [6.07, 6.45) is 0.921. The van der Waals surface area contributed by atoms with E-state index in [9.17, 15) is 9.59 Å². The standard InChI is InChI=1S/C23H29NO6/c1-6-15(2)17-9-7-8-10-18(17)24-21(25)14-30-22(26)13-16-11-19(27-3)23(29-5)20(12-16)28-4/h7-12,15H,6,13-14H2,1-5H3,(H,24,25)/t15-/m0/s1. The molecule has 30 heavy (non-hydrogen) atoms. The molecule has 0 spiro atoms. The third kappa shape index (κ3) is 5.89. The molecule has 0 bridgehead atoms. The second-order valence-corrected chi connectivity index (χ2v) is 6.82. The van der Waals surface area contributed by atoms with Gasteiger partial charge in [0, 0.05) is 5.69 Å². The van der Waals surface area contributed by atoms with Crippen molar-refractivity contribution in [3.05, 3.63) is 47.5 Å². The number of carbonyl (C=O) groups is 2. The Labute approximate surface area is 177 Å². The highest BCUT2D eigenvalue weighted by atomic mass is 16.5. The van der Waals surface area contributed by atoms with Gasteiger partial charge in [-0.3, -0.25) is 9.59 Å². The van der Waals surface area contributed by atoms with Crippen molar-refractivity contribution < 1.29 is 28.5 Å². The van der Waals surface area contributed by atoms with Crippen LogP contribution in [0.5, 0.6) is 17.2 Å². The molecule has 0 fully saturated rings. The van der Waals surface area contributed by atoms with Crippen LogP contribution in [0.15, 0.2) is 36.4 Å². The minimum absolute atomic E-state index is 0.0343. The molecular formula is C23H29NO6. The topological polar surface area (TPSA) is 83.1 Å². The van der Waals surface area contributed by atoms with Gasteiger partial charge in [0.25, 0.3) is 5.91 Å². The Hall–Kier alpha value is -3.22. The number of benzene rings is 2. The van der Waals surface area contributed by atoms with E-state index in [1.807, 2.05) is 24.3 Å². The second-order valence-electron chi connectivity index (χ2n) is 6.82. The molecular weight excluding hydrogens is 386 g/mol. The molecule has 1 N–H and O–H groups in total.